The van der Waals surface area contributed by atoms with Gasteiger partial charge in [-0.25, -0.2) is 0 Å². The van der Waals surface area contributed by atoms with Crippen LogP contribution in [0, 0.1) is 6.92 Å². The molecule has 0 radical (unpaired) electrons. The van der Waals surface area contributed by atoms with Gasteiger partial charge in [-0.3, -0.25) is 4.79 Å². The largest absolute Gasteiger partial charge is 0.508 e. The second kappa shape index (κ2) is 7.72. The number of rotatable bonds is 7. The molecule has 1 unspecified atom stereocenters. The van der Waals surface area contributed by atoms with E-state index in [9.17, 15) is 15.0 Å². The lowest BCUT2D eigenvalue weighted by Crippen LogP contribution is -2.56. The molecule has 1 atom stereocenters. The zero-order valence-electron chi connectivity index (χ0n) is 16.0. The van der Waals surface area contributed by atoms with Gasteiger partial charge in [0.1, 0.15) is 18.8 Å². The van der Waals surface area contributed by atoms with E-state index in [-0.39, 0.29) is 11.7 Å². The van der Waals surface area contributed by atoms with E-state index in [0.717, 1.165) is 31.5 Å². The molecule has 0 aliphatic carbocycles. The maximum absolute atomic E-state index is 12.5. The van der Waals surface area contributed by atoms with Crippen LogP contribution in [0.25, 0.3) is 0 Å². The number of nitrogens with zero attached hydrogens (tertiary/aromatic N) is 2. The van der Waals surface area contributed by atoms with E-state index in [4.69, 9.17) is 0 Å². The summed E-state index contributed by atoms with van der Waals surface area (Å²) in [5, 5.41) is 23.2. The number of quaternary nitrogens is 2. The summed E-state index contributed by atoms with van der Waals surface area (Å²) in [7, 11) is 6.19. The van der Waals surface area contributed by atoms with Crippen LogP contribution in [0.2, 0.25) is 0 Å². The Kier molecular flexibility index (Phi) is 6.08. The van der Waals surface area contributed by atoms with E-state index in [1.807, 2.05) is 6.92 Å². The van der Waals surface area contributed by atoms with Crippen molar-refractivity contribution in [1.29, 1.82) is 0 Å². The molecular formula is C19H33N3O3+2. The Morgan fingerprint density at radius 3 is 2.48 bits per heavy atom. The third-order valence-corrected chi connectivity index (χ3v) is 4.84. The summed E-state index contributed by atoms with van der Waals surface area (Å²) in [5.41, 5.74) is 1.39. The van der Waals surface area contributed by atoms with Crippen LogP contribution in [-0.2, 0) is 4.79 Å². The summed E-state index contributed by atoms with van der Waals surface area (Å²) < 4.78 is 1.35. The Balaban J connectivity index is 2.00. The molecule has 1 amide bonds. The molecule has 1 saturated heterocycles. The topological polar surface area (TPSA) is 69.6 Å². The Hall–Kier alpha value is -1.63. The fraction of sp³-hybridized carbons (Fsp3) is 0.632. The van der Waals surface area contributed by atoms with Crippen LogP contribution in [-0.4, -0.2) is 85.1 Å². The standard InChI is InChI=1S/C19H31N3O3/c1-15-7-8-16(11-18(15)24)20-19(25)14-22(9-5-6-10-22)13-17(23)12-21(2,3)4/h7-8,11,17,23H,5-6,9-10,12-14H2,1-4H3/p+2. The van der Waals surface area contributed by atoms with Crippen LogP contribution in [0.3, 0.4) is 0 Å². The van der Waals surface area contributed by atoms with Crippen molar-refractivity contribution < 1.29 is 24.0 Å². The first kappa shape index (κ1) is 19.7. The minimum atomic E-state index is -0.422. The zero-order valence-corrected chi connectivity index (χ0v) is 16.0. The normalized spacial score (nSPS) is 18.1. The monoisotopic (exact) mass is 351 g/mol. The number of phenolic OH excluding ortho intramolecular Hbond substituents is 1. The Bertz CT molecular complexity index is 604. The molecule has 3 N–H and O–H groups in total. The quantitative estimate of drug-likeness (QED) is 0.649. The molecule has 1 aliphatic heterocycles. The van der Waals surface area contributed by atoms with Crippen molar-refractivity contribution in [3.8, 4) is 5.75 Å². The average Bonchev–Trinajstić information content (AvgIpc) is 2.88. The smallest absolute Gasteiger partial charge is 0.279 e. The molecule has 0 aromatic heterocycles. The molecular weight excluding hydrogens is 318 g/mol. The van der Waals surface area contributed by atoms with Crippen molar-refractivity contribution in [2.45, 2.75) is 25.9 Å². The van der Waals surface area contributed by atoms with E-state index < -0.39 is 6.10 Å². The molecule has 1 aromatic carbocycles. The third-order valence-electron chi connectivity index (χ3n) is 4.84. The SMILES string of the molecule is Cc1ccc(NC(=O)C[N+]2(CC(O)C[N+](C)(C)C)CCCC2)cc1O. The van der Waals surface area contributed by atoms with Gasteiger partial charge in [-0.1, -0.05) is 6.07 Å². The van der Waals surface area contributed by atoms with Crippen LogP contribution >= 0.6 is 0 Å². The van der Waals surface area contributed by atoms with Gasteiger partial charge in [-0.05, 0) is 18.6 Å². The second-order valence-corrected chi connectivity index (χ2v) is 8.51. The lowest BCUT2D eigenvalue weighted by atomic mass is 10.2. The summed E-state index contributed by atoms with van der Waals surface area (Å²) in [5.74, 6) is 0.115. The maximum Gasteiger partial charge on any atom is 0.279 e. The van der Waals surface area contributed by atoms with E-state index in [1.54, 1.807) is 18.2 Å². The van der Waals surface area contributed by atoms with Gasteiger partial charge in [-0.2, -0.15) is 0 Å². The van der Waals surface area contributed by atoms with Crippen LogP contribution < -0.4 is 5.32 Å². The summed E-state index contributed by atoms with van der Waals surface area (Å²) >= 11 is 0. The van der Waals surface area contributed by atoms with Gasteiger partial charge in [0.05, 0.1) is 34.2 Å². The van der Waals surface area contributed by atoms with E-state index in [0.29, 0.717) is 34.3 Å². The number of aryl methyl sites for hydroxylation is 1. The number of phenols is 1. The van der Waals surface area contributed by atoms with Crippen molar-refractivity contribution in [3.05, 3.63) is 23.8 Å². The molecule has 6 nitrogen and oxygen atoms in total. The maximum atomic E-state index is 12.5. The van der Waals surface area contributed by atoms with Crippen LogP contribution in [0.5, 0.6) is 5.75 Å². The summed E-state index contributed by atoms with van der Waals surface area (Å²) in [6.07, 6.45) is 1.76. The van der Waals surface area contributed by atoms with Gasteiger partial charge in [0, 0.05) is 24.6 Å². The third kappa shape index (κ3) is 5.99. The molecule has 1 aromatic rings. The summed E-state index contributed by atoms with van der Waals surface area (Å²) in [4.78, 5) is 12.5. The van der Waals surface area contributed by atoms with Crippen molar-refractivity contribution >= 4 is 11.6 Å². The minimum Gasteiger partial charge on any atom is -0.508 e. The number of hydrogen-bond acceptors (Lipinski definition) is 3. The molecule has 1 fully saturated rings. The number of carbonyl (C=O) groups excluding carboxylic acids is 1. The Labute approximate surface area is 150 Å². The molecule has 0 saturated carbocycles. The lowest BCUT2D eigenvalue weighted by molar-refractivity contribution is -0.921. The first-order valence-corrected chi connectivity index (χ1v) is 9.02. The number of aliphatic hydroxyl groups excluding tert-OH is 1. The highest BCUT2D eigenvalue weighted by molar-refractivity contribution is 5.91. The summed E-state index contributed by atoms with van der Waals surface area (Å²) in [6.45, 7) is 5.33. The van der Waals surface area contributed by atoms with Crippen molar-refractivity contribution in [1.82, 2.24) is 0 Å². The van der Waals surface area contributed by atoms with Crippen LogP contribution in [0.15, 0.2) is 18.2 Å². The summed E-state index contributed by atoms with van der Waals surface area (Å²) in [6, 6.07) is 5.16. The number of likely N-dealkylation sites (N-methyl/N-ethyl adjacent to an activating group) is 1. The molecule has 2 rings (SSSR count). The first-order chi connectivity index (χ1) is 11.6. The molecule has 1 aliphatic rings. The van der Waals surface area contributed by atoms with Crippen LogP contribution in [0.4, 0.5) is 5.69 Å². The molecule has 6 heteroatoms. The van der Waals surface area contributed by atoms with Gasteiger partial charge in [-0.15, -0.1) is 0 Å². The number of amides is 1. The predicted octanol–water partition coefficient (Wildman–Crippen LogP) is 1.32. The van der Waals surface area contributed by atoms with E-state index in [2.05, 4.69) is 26.5 Å². The minimum absolute atomic E-state index is 0.0670. The number of carbonyl (C=O) groups is 1. The molecule has 0 bridgehead atoms. The second-order valence-electron chi connectivity index (χ2n) is 8.51. The van der Waals surface area contributed by atoms with Gasteiger partial charge in [0.2, 0.25) is 0 Å². The fourth-order valence-corrected chi connectivity index (χ4v) is 3.74. The Morgan fingerprint density at radius 1 is 1.28 bits per heavy atom. The van der Waals surface area contributed by atoms with E-state index in [1.165, 1.54) is 0 Å². The molecule has 140 valence electrons. The Morgan fingerprint density at radius 2 is 1.92 bits per heavy atom. The number of hydrogen-bond donors (Lipinski definition) is 3. The van der Waals surface area contributed by atoms with Gasteiger partial charge < -0.3 is 24.5 Å². The highest BCUT2D eigenvalue weighted by Gasteiger charge is 2.37. The first-order valence-electron chi connectivity index (χ1n) is 9.02. The van der Waals surface area contributed by atoms with E-state index >= 15 is 0 Å². The zero-order chi connectivity index (χ0) is 18.7. The molecule has 1 heterocycles. The molecule has 25 heavy (non-hydrogen) atoms. The van der Waals surface area contributed by atoms with Crippen molar-refractivity contribution in [2.75, 3.05) is 59.2 Å². The highest BCUT2D eigenvalue weighted by Crippen LogP contribution is 2.23. The van der Waals surface area contributed by atoms with Crippen LogP contribution in [0.1, 0.15) is 18.4 Å². The van der Waals surface area contributed by atoms with Gasteiger partial charge >= 0.3 is 0 Å². The highest BCUT2D eigenvalue weighted by atomic mass is 16.3. The number of aliphatic hydroxyl groups is 1. The number of likely N-dealkylation sites (tertiary alicyclic amines) is 1. The number of aromatic hydroxyl groups is 1. The number of nitrogens with one attached hydrogen (secondary N) is 1. The predicted molar refractivity (Wildman–Crippen MR) is 99.3 cm³/mol. The fourth-order valence-electron chi connectivity index (χ4n) is 3.74. The molecule has 0 spiro atoms. The van der Waals surface area contributed by atoms with Crippen molar-refractivity contribution in [2.24, 2.45) is 0 Å². The van der Waals surface area contributed by atoms with Crippen molar-refractivity contribution in [3.63, 3.8) is 0 Å². The lowest BCUT2D eigenvalue weighted by Gasteiger charge is -2.36. The average molecular weight is 351 g/mol. The number of benzene rings is 1. The van der Waals surface area contributed by atoms with Gasteiger partial charge in [0.25, 0.3) is 5.91 Å². The van der Waals surface area contributed by atoms with Gasteiger partial charge in [0.15, 0.2) is 12.6 Å². The number of anilines is 1.